The molecule has 0 aliphatic carbocycles. The Kier molecular flexibility index (Phi) is 4.56. The van der Waals surface area contributed by atoms with Crippen LogP contribution in [-0.2, 0) is 11.2 Å². The number of nitrogens with zero attached hydrogens (tertiary/aromatic N) is 6. The van der Waals surface area contributed by atoms with Gasteiger partial charge in [0, 0.05) is 36.8 Å². The summed E-state index contributed by atoms with van der Waals surface area (Å²) in [5.41, 5.74) is 2.23. The lowest BCUT2D eigenvalue weighted by atomic mass is 10.2. The summed E-state index contributed by atoms with van der Waals surface area (Å²) in [4.78, 5) is 24.9. The predicted octanol–water partition coefficient (Wildman–Crippen LogP) is 2.27. The topological polar surface area (TPSA) is 108 Å². The monoisotopic (exact) mass is 364 g/mol. The van der Waals surface area contributed by atoms with Crippen LogP contribution in [0.1, 0.15) is 28.4 Å². The number of pyridine rings is 1. The number of aryl methyl sites for hydroxylation is 2. The number of carbonyl (C=O) groups is 1. The summed E-state index contributed by atoms with van der Waals surface area (Å²) in [7, 11) is 0. The van der Waals surface area contributed by atoms with Gasteiger partial charge in [0.1, 0.15) is 5.56 Å². The fourth-order valence-electron chi connectivity index (χ4n) is 2.66. The summed E-state index contributed by atoms with van der Waals surface area (Å²) in [6, 6.07) is 5.41. The van der Waals surface area contributed by atoms with Crippen LogP contribution < -0.4 is 0 Å². The van der Waals surface area contributed by atoms with Crippen molar-refractivity contribution < 1.29 is 14.1 Å². The lowest BCUT2D eigenvalue weighted by Crippen LogP contribution is -2.08. The average Bonchev–Trinajstić information content (AvgIpc) is 3.29. The summed E-state index contributed by atoms with van der Waals surface area (Å²) in [5, 5.41) is 8.19. The Morgan fingerprint density at radius 1 is 1.30 bits per heavy atom. The van der Waals surface area contributed by atoms with Crippen LogP contribution in [-0.4, -0.2) is 42.3 Å². The van der Waals surface area contributed by atoms with E-state index < -0.39 is 5.97 Å². The third kappa shape index (κ3) is 3.52. The molecule has 4 aromatic rings. The minimum absolute atomic E-state index is 0.229. The second-order valence-electron chi connectivity index (χ2n) is 5.84. The molecule has 0 unspecified atom stereocenters. The SMILES string of the molecule is Cc1nn2cccnc2c1C(=O)OCCCc1nc(-c2cccnc2)no1. The molecule has 0 radical (unpaired) electrons. The molecule has 4 heterocycles. The van der Waals surface area contributed by atoms with Crippen LogP contribution in [0.3, 0.4) is 0 Å². The van der Waals surface area contributed by atoms with Crippen LogP contribution in [0, 0.1) is 6.92 Å². The first kappa shape index (κ1) is 16.8. The first-order valence-corrected chi connectivity index (χ1v) is 8.42. The summed E-state index contributed by atoms with van der Waals surface area (Å²) < 4.78 is 12.1. The molecule has 9 nitrogen and oxygen atoms in total. The Bertz CT molecular complexity index is 1070. The Hall–Kier alpha value is -3.62. The number of ether oxygens (including phenoxy) is 1. The van der Waals surface area contributed by atoms with Crippen LogP contribution in [0.25, 0.3) is 17.0 Å². The molecule has 0 bridgehead atoms. The number of aromatic nitrogens is 6. The fraction of sp³-hybridized carbons (Fsp3) is 0.222. The predicted molar refractivity (Wildman–Crippen MR) is 93.9 cm³/mol. The largest absolute Gasteiger partial charge is 0.462 e. The number of fused-ring (bicyclic) bond motifs is 1. The maximum Gasteiger partial charge on any atom is 0.343 e. The summed E-state index contributed by atoms with van der Waals surface area (Å²) >= 11 is 0. The Labute approximate surface area is 154 Å². The van der Waals surface area contributed by atoms with E-state index in [2.05, 4.69) is 25.2 Å². The molecule has 0 aromatic carbocycles. The van der Waals surface area contributed by atoms with Crippen molar-refractivity contribution in [1.29, 1.82) is 0 Å². The molecule has 27 heavy (non-hydrogen) atoms. The van der Waals surface area contributed by atoms with Crippen LogP contribution in [0.4, 0.5) is 0 Å². The molecule has 0 saturated carbocycles. The van der Waals surface area contributed by atoms with Gasteiger partial charge in [-0.2, -0.15) is 10.1 Å². The van der Waals surface area contributed by atoms with Crippen molar-refractivity contribution in [1.82, 2.24) is 29.7 Å². The second kappa shape index (κ2) is 7.32. The second-order valence-corrected chi connectivity index (χ2v) is 5.84. The van der Waals surface area contributed by atoms with Crippen molar-refractivity contribution in [2.45, 2.75) is 19.8 Å². The first-order valence-electron chi connectivity index (χ1n) is 8.42. The van der Waals surface area contributed by atoms with E-state index in [1.165, 1.54) is 0 Å². The zero-order valence-electron chi connectivity index (χ0n) is 14.6. The van der Waals surface area contributed by atoms with Crippen molar-refractivity contribution in [3.63, 3.8) is 0 Å². The van der Waals surface area contributed by atoms with E-state index in [0.717, 1.165) is 5.56 Å². The summed E-state index contributed by atoms with van der Waals surface area (Å²) in [6.45, 7) is 1.98. The Balaban J connectivity index is 1.33. The van der Waals surface area contributed by atoms with E-state index in [1.54, 1.807) is 42.3 Å². The molecular formula is C18H16N6O3. The third-order valence-corrected chi connectivity index (χ3v) is 3.93. The van der Waals surface area contributed by atoms with Gasteiger partial charge in [0.15, 0.2) is 5.65 Å². The molecular weight excluding hydrogens is 348 g/mol. The highest BCUT2D eigenvalue weighted by atomic mass is 16.5. The van der Waals surface area contributed by atoms with Gasteiger partial charge in [-0.3, -0.25) is 4.98 Å². The van der Waals surface area contributed by atoms with Gasteiger partial charge in [-0.25, -0.2) is 14.3 Å². The number of hydrogen-bond donors (Lipinski definition) is 0. The standard InChI is InChI=1S/C18H16N6O3/c1-12-15(17-20-8-4-9-24(17)22-12)18(25)26-10-3-6-14-21-16(23-27-14)13-5-2-7-19-11-13/h2,4-5,7-9,11H,3,6,10H2,1H3. The Morgan fingerprint density at radius 2 is 2.22 bits per heavy atom. The van der Waals surface area contributed by atoms with Crippen LogP contribution in [0.15, 0.2) is 47.5 Å². The van der Waals surface area contributed by atoms with Gasteiger partial charge in [-0.05, 0) is 31.5 Å². The maximum atomic E-state index is 12.4. The molecule has 0 fully saturated rings. The molecule has 0 atom stereocenters. The highest BCUT2D eigenvalue weighted by Crippen LogP contribution is 2.16. The number of esters is 1. The van der Waals surface area contributed by atoms with E-state index in [4.69, 9.17) is 9.26 Å². The highest BCUT2D eigenvalue weighted by molar-refractivity contribution is 5.97. The van der Waals surface area contributed by atoms with Crippen molar-refractivity contribution in [3.05, 3.63) is 60.1 Å². The van der Waals surface area contributed by atoms with Crippen LogP contribution in [0.2, 0.25) is 0 Å². The number of rotatable bonds is 6. The summed E-state index contributed by atoms with van der Waals surface area (Å²) in [6.07, 6.45) is 7.77. The molecule has 0 spiro atoms. The molecule has 4 aromatic heterocycles. The summed E-state index contributed by atoms with van der Waals surface area (Å²) in [5.74, 6) is 0.532. The molecule has 0 N–H and O–H groups in total. The van der Waals surface area contributed by atoms with Crippen LogP contribution in [0.5, 0.6) is 0 Å². The number of carbonyl (C=O) groups excluding carboxylic acids is 1. The zero-order chi connectivity index (χ0) is 18.6. The zero-order valence-corrected chi connectivity index (χ0v) is 14.6. The van der Waals surface area contributed by atoms with E-state index in [1.807, 2.05) is 12.1 Å². The van der Waals surface area contributed by atoms with Crippen LogP contribution >= 0.6 is 0 Å². The third-order valence-electron chi connectivity index (χ3n) is 3.93. The Morgan fingerprint density at radius 3 is 3.07 bits per heavy atom. The molecule has 0 aliphatic rings. The molecule has 0 saturated heterocycles. The molecule has 136 valence electrons. The van der Waals surface area contributed by atoms with Crippen molar-refractivity contribution in [3.8, 4) is 11.4 Å². The fourth-order valence-corrected chi connectivity index (χ4v) is 2.66. The van der Waals surface area contributed by atoms with Gasteiger partial charge < -0.3 is 9.26 Å². The van der Waals surface area contributed by atoms with Gasteiger partial charge in [-0.15, -0.1) is 0 Å². The van der Waals surface area contributed by atoms with Crippen molar-refractivity contribution in [2.75, 3.05) is 6.61 Å². The first-order chi connectivity index (χ1) is 13.2. The van der Waals surface area contributed by atoms with Crippen molar-refractivity contribution in [2.24, 2.45) is 0 Å². The molecule has 4 rings (SSSR count). The normalized spacial score (nSPS) is 11.0. The van der Waals surface area contributed by atoms with Gasteiger partial charge in [0.05, 0.1) is 12.3 Å². The molecule has 0 amide bonds. The maximum absolute atomic E-state index is 12.4. The molecule has 0 aliphatic heterocycles. The lowest BCUT2D eigenvalue weighted by molar-refractivity contribution is 0.0499. The highest BCUT2D eigenvalue weighted by Gasteiger charge is 2.19. The van der Waals surface area contributed by atoms with Gasteiger partial charge in [-0.1, -0.05) is 5.16 Å². The van der Waals surface area contributed by atoms with Crippen molar-refractivity contribution >= 4 is 11.6 Å². The number of hydrogen-bond acceptors (Lipinski definition) is 8. The smallest absolute Gasteiger partial charge is 0.343 e. The van der Waals surface area contributed by atoms with Gasteiger partial charge >= 0.3 is 5.97 Å². The quantitative estimate of drug-likeness (QED) is 0.379. The minimum atomic E-state index is -0.442. The van der Waals surface area contributed by atoms with E-state index in [0.29, 0.717) is 41.5 Å². The van der Waals surface area contributed by atoms with E-state index in [9.17, 15) is 4.79 Å². The van der Waals surface area contributed by atoms with Gasteiger partial charge in [0.2, 0.25) is 11.7 Å². The van der Waals surface area contributed by atoms with Gasteiger partial charge in [0.25, 0.3) is 0 Å². The average molecular weight is 364 g/mol. The van der Waals surface area contributed by atoms with E-state index in [-0.39, 0.29) is 6.61 Å². The minimum Gasteiger partial charge on any atom is -0.462 e. The molecule has 9 heteroatoms. The van der Waals surface area contributed by atoms with E-state index >= 15 is 0 Å². The lowest BCUT2D eigenvalue weighted by Gasteiger charge is -2.03.